The van der Waals surface area contributed by atoms with Gasteiger partial charge in [0.05, 0.1) is 12.2 Å². The van der Waals surface area contributed by atoms with Gasteiger partial charge in [-0.25, -0.2) is 9.97 Å². The maximum atomic E-state index is 13.0. The predicted octanol–water partition coefficient (Wildman–Crippen LogP) is 3.89. The molecule has 1 saturated heterocycles. The topological polar surface area (TPSA) is 49.3 Å². The quantitative estimate of drug-likeness (QED) is 0.736. The van der Waals surface area contributed by atoms with Gasteiger partial charge in [0.15, 0.2) is 0 Å². The van der Waals surface area contributed by atoms with E-state index in [4.69, 9.17) is 16.6 Å². The third kappa shape index (κ3) is 3.86. The summed E-state index contributed by atoms with van der Waals surface area (Å²) >= 11 is 6.51. The molecule has 4 rings (SSSR count). The number of hydrogen-bond donors (Lipinski definition) is 0. The molecular weight excluding hydrogens is 372 g/mol. The summed E-state index contributed by atoms with van der Waals surface area (Å²) in [5.41, 5.74) is 3.01. The number of rotatable bonds is 3. The number of anilines is 1. The number of amides is 1. The van der Waals surface area contributed by atoms with Crippen molar-refractivity contribution in [1.82, 2.24) is 14.9 Å². The largest absolute Gasteiger partial charge is 0.356 e. The predicted molar refractivity (Wildman–Crippen MR) is 112 cm³/mol. The van der Waals surface area contributed by atoms with Gasteiger partial charge in [-0.2, -0.15) is 0 Å². The van der Waals surface area contributed by atoms with Gasteiger partial charge in [0.1, 0.15) is 17.0 Å². The van der Waals surface area contributed by atoms with Crippen LogP contribution in [0.3, 0.4) is 0 Å². The zero-order valence-corrected chi connectivity index (χ0v) is 17.3. The molecule has 0 bridgehead atoms. The third-order valence-electron chi connectivity index (χ3n) is 5.85. The maximum absolute atomic E-state index is 13.0. The average molecular weight is 399 g/mol. The van der Waals surface area contributed by atoms with Crippen molar-refractivity contribution in [3.05, 3.63) is 53.0 Å². The van der Waals surface area contributed by atoms with Gasteiger partial charge < -0.3 is 9.80 Å². The van der Waals surface area contributed by atoms with Gasteiger partial charge >= 0.3 is 0 Å². The first kappa shape index (κ1) is 19.2. The number of nitrogens with zero attached hydrogens (tertiary/aromatic N) is 4. The first-order chi connectivity index (χ1) is 13.5. The molecule has 148 valence electrons. The van der Waals surface area contributed by atoms with Crippen molar-refractivity contribution in [3.63, 3.8) is 0 Å². The van der Waals surface area contributed by atoms with E-state index in [1.807, 2.05) is 42.2 Å². The number of carbonyl (C=O) groups excluding carboxylic acids is 1. The molecule has 1 fully saturated rings. The third-order valence-corrected chi connectivity index (χ3v) is 6.29. The molecule has 0 unspecified atom stereocenters. The molecule has 0 radical (unpaired) electrons. The van der Waals surface area contributed by atoms with Crippen LogP contribution >= 0.6 is 11.6 Å². The zero-order chi connectivity index (χ0) is 19.7. The zero-order valence-electron chi connectivity index (χ0n) is 16.6. The Morgan fingerprint density at radius 2 is 1.86 bits per heavy atom. The summed E-state index contributed by atoms with van der Waals surface area (Å²) in [6.45, 7) is 7.47. The van der Waals surface area contributed by atoms with Crippen LogP contribution in [0.25, 0.3) is 0 Å². The molecule has 1 aromatic heterocycles. The highest BCUT2D eigenvalue weighted by Crippen LogP contribution is 2.32. The summed E-state index contributed by atoms with van der Waals surface area (Å²) in [4.78, 5) is 26.7. The lowest BCUT2D eigenvalue weighted by molar-refractivity contribution is -0.131. The molecule has 0 N–H and O–H groups in total. The molecule has 0 spiro atoms. The van der Waals surface area contributed by atoms with Gasteiger partial charge in [-0.05, 0) is 31.2 Å². The van der Waals surface area contributed by atoms with Gasteiger partial charge in [-0.15, -0.1) is 11.6 Å². The number of carbonyl (C=O) groups is 1. The summed E-state index contributed by atoms with van der Waals surface area (Å²) < 4.78 is 0. The van der Waals surface area contributed by atoms with Crippen molar-refractivity contribution in [2.45, 2.75) is 45.0 Å². The second kappa shape index (κ2) is 8.08. The van der Waals surface area contributed by atoms with Crippen LogP contribution in [0.15, 0.2) is 30.3 Å². The van der Waals surface area contributed by atoms with E-state index >= 15 is 0 Å². The van der Waals surface area contributed by atoms with Crippen LogP contribution < -0.4 is 4.90 Å². The van der Waals surface area contributed by atoms with Gasteiger partial charge in [-0.3, -0.25) is 4.79 Å². The molecular formula is C22H27ClN4O. The lowest BCUT2D eigenvalue weighted by atomic mass is 9.98. The summed E-state index contributed by atoms with van der Waals surface area (Å²) in [5.74, 6) is 2.54. The summed E-state index contributed by atoms with van der Waals surface area (Å²) in [5, 5.41) is -0.659. The molecule has 2 aliphatic heterocycles. The molecule has 1 amide bonds. The monoisotopic (exact) mass is 398 g/mol. The normalized spacial score (nSPS) is 18.7. The van der Waals surface area contributed by atoms with E-state index in [2.05, 4.69) is 16.8 Å². The Labute approximate surface area is 171 Å². The highest BCUT2D eigenvalue weighted by molar-refractivity contribution is 6.30. The molecule has 2 aliphatic rings. The first-order valence-corrected chi connectivity index (χ1v) is 10.6. The molecule has 0 saturated carbocycles. The Bertz CT molecular complexity index is 849. The summed E-state index contributed by atoms with van der Waals surface area (Å²) in [6, 6.07) is 9.56. The van der Waals surface area contributed by atoms with Gasteiger partial charge in [-0.1, -0.05) is 37.3 Å². The van der Waals surface area contributed by atoms with Crippen LogP contribution in [0.2, 0.25) is 0 Å². The molecule has 0 aliphatic carbocycles. The van der Waals surface area contributed by atoms with Crippen LogP contribution in [-0.2, 0) is 17.8 Å². The Hall–Kier alpha value is -2.14. The van der Waals surface area contributed by atoms with Crippen molar-refractivity contribution in [3.8, 4) is 0 Å². The van der Waals surface area contributed by atoms with Gasteiger partial charge in [0.2, 0.25) is 5.91 Å². The fourth-order valence-electron chi connectivity index (χ4n) is 4.11. The Morgan fingerprint density at radius 3 is 2.57 bits per heavy atom. The van der Waals surface area contributed by atoms with Crippen LogP contribution in [0.4, 0.5) is 5.82 Å². The van der Waals surface area contributed by atoms with Gasteiger partial charge in [0.25, 0.3) is 0 Å². The molecule has 1 atom stereocenters. The lowest BCUT2D eigenvalue weighted by Crippen LogP contribution is -2.41. The van der Waals surface area contributed by atoms with E-state index in [0.29, 0.717) is 13.1 Å². The first-order valence-electron chi connectivity index (χ1n) is 10.1. The molecule has 3 heterocycles. The van der Waals surface area contributed by atoms with E-state index in [-0.39, 0.29) is 5.91 Å². The van der Waals surface area contributed by atoms with Crippen molar-refractivity contribution < 1.29 is 4.79 Å². The Balaban J connectivity index is 1.58. The van der Waals surface area contributed by atoms with E-state index < -0.39 is 5.38 Å². The second-order valence-electron chi connectivity index (χ2n) is 7.97. The van der Waals surface area contributed by atoms with Crippen LogP contribution in [0.1, 0.15) is 47.8 Å². The minimum Gasteiger partial charge on any atom is -0.356 e. The fourth-order valence-corrected chi connectivity index (χ4v) is 4.40. The van der Waals surface area contributed by atoms with Crippen molar-refractivity contribution >= 4 is 23.3 Å². The van der Waals surface area contributed by atoms with Crippen LogP contribution in [-0.4, -0.2) is 40.4 Å². The van der Waals surface area contributed by atoms with Crippen molar-refractivity contribution in [2.75, 3.05) is 24.5 Å². The number of aryl methyl sites for hydroxylation is 1. The molecule has 28 heavy (non-hydrogen) atoms. The summed E-state index contributed by atoms with van der Waals surface area (Å²) in [7, 11) is 0. The second-order valence-corrected chi connectivity index (χ2v) is 8.41. The molecule has 5 nitrogen and oxygen atoms in total. The van der Waals surface area contributed by atoms with Crippen LogP contribution in [0, 0.1) is 12.8 Å². The number of hydrogen-bond acceptors (Lipinski definition) is 4. The molecule has 6 heteroatoms. The number of alkyl halides is 1. The van der Waals surface area contributed by atoms with E-state index in [0.717, 1.165) is 53.9 Å². The highest BCUT2D eigenvalue weighted by Gasteiger charge is 2.31. The minimum atomic E-state index is -0.659. The van der Waals surface area contributed by atoms with Crippen molar-refractivity contribution in [2.24, 2.45) is 5.92 Å². The van der Waals surface area contributed by atoms with Gasteiger partial charge in [0, 0.05) is 31.6 Å². The SMILES string of the molecule is Cc1nc2c(c(N3CCC(C)CC3)n1)CN(C(=O)[C@H](Cl)c1ccccc1)CC2. The van der Waals surface area contributed by atoms with Crippen molar-refractivity contribution in [1.29, 1.82) is 0 Å². The Morgan fingerprint density at radius 1 is 1.14 bits per heavy atom. The maximum Gasteiger partial charge on any atom is 0.245 e. The smallest absolute Gasteiger partial charge is 0.245 e. The minimum absolute atomic E-state index is 0.0442. The van der Waals surface area contributed by atoms with E-state index in [1.54, 1.807) is 0 Å². The van der Waals surface area contributed by atoms with E-state index in [1.165, 1.54) is 12.8 Å². The average Bonchev–Trinajstić information content (AvgIpc) is 2.73. The number of piperidine rings is 1. The number of benzene rings is 1. The summed E-state index contributed by atoms with van der Waals surface area (Å²) in [6.07, 6.45) is 3.11. The standard InChI is InChI=1S/C22H27ClN4O/c1-15-8-11-26(12-9-15)21-18-14-27(13-10-19(18)24-16(2)25-21)22(28)20(23)17-6-4-3-5-7-17/h3-7,15,20H,8-14H2,1-2H3/t20-/m1/s1. The lowest BCUT2D eigenvalue weighted by Gasteiger charge is -2.36. The number of fused-ring (bicyclic) bond motifs is 1. The fraction of sp³-hybridized carbons (Fsp3) is 0.500. The molecule has 1 aromatic carbocycles. The highest BCUT2D eigenvalue weighted by atomic mass is 35.5. The van der Waals surface area contributed by atoms with E-state index in [9.17, 15) is 4.79 Å². The van der Waals surface area contributed by atoms with Crippen LogP contribution in [0.5, 0.6) is 0 Å². The Kier molecular flexibility index (Phi) is 5.54. The molecule has 2 aromatic rings. The number of halogens is 1. The number of aromatic nitrogens is 2.